The minimum Gasteiger partial charge on any atom is -0.422 e. The maximum Gasteiger partial charge on any atom is 0.345 e. The fourth-order valence-corrected chi connectivity index (χ4v) is 2.72. The molecule has 0 aliphatic rings. The Balaban J connectivity index is 1.76. The zero-order valence-corrected chi connectivity index (χ0v) is 16.5. The number of amides is 1. The van der Waals surface area contributed by atoms with Crippen LogP contribution in [-0.2, 0) is 0 Å². The van der Waals surface area contributed by atoms with Gasteiger partial charge in [-0.15, -0.1) is 0 Å². The number of aromatic nitrogens is 2. The predicted molar refractivity (Wildman–Crippen MR) is 108 cm³/mol. The first-order chi connectivity index (χ1) is 13.5. The fraction of sp³-hybridized carbons (Fsp3) is 0. The Labute approximate surface area is 173 Å². The second-order valence-electron chi connectivity index (χ2n) is 5.34. The summed E-state index contributed by atoms with van der Waals surface area (Å²) in [5.41, 5.74) is 3.17. The van der Waals surface area contributed by atoms with Gasteiger partial charge in [-0.25, -0.2) is 15.2 Å². The number of hydrogen-bond donors (Lipinski definition) is 1. The molecule has 0 spiro atoms. The van der Waals surface area contributed by atoms with Crippen molar-refractivity contribution in [2.45, 2.75) is 0 Å². The summed E-state index contributed by atoms with van der Waals surface area (Å²) in [6.45, 7) is 0. The lowest BCUT2D eigenvalue weighted by Gasteiger charge is -2.09. The molecule has 0 bridgehead atoms. The molecule has 1 N–H and O–H groups in total. The van der Waals surface area contributed by atoms with Crippen molar-refractivity contribution in [1.29, 1.82) is 0 Å². The summed E-state index contributed by atoms with van der Waals surface area (Å²) in [5, 5.41) is 4.17. The SMILES string of the molecule is O=C(N/N=C\c1cc(Br)ccc1OC(=O)c1ccccc1Cl)c1cnccn1. The molecule has 9 heteroatoms. The van der Waals surface area contributed by atoms with Crippen LogP contribution in [-0.4, -0.2) is 28.1 Å². The van der Waals surface area contributed by atoms with Gasteiger partial charge in [0.05, 0.1) is 23.0 Å². The van der Waals surface area contributed by atoms with Gasteiger partial charge in [-0.3, -0.25) is 9.78 Å². The summed E-state index contributed by atoms with van der Waals surface area (Å²) in [4.78, 5) is 32.0. The van der Waals surface area contributed by atoms with Crippen molar-refractivity contribution in [3.05, 3.63) is 87.4 Å². The number of benzene rings is 2. The van der Waals surface area contributed by atoms with E-state index in [1.807, 2.05) is 0 Å². The van der Waals surface area contributed by atoms with Gasteiger partial charge < -0.3 is 4.74 Å². The van der Waals surface area contributed by atoms with E-state index in [2.05, 4.69) is 36.4 Å². The van der Waals surface area contributed by atoms with Crippen LogP contribution < -0.4 is 10.2 Å². The number of rotatable bonds is 5. The third kappa shape index (κ3) is 4.99. The van der Waals surface area contributed by atoms with Crippen molar-refractivity contribution >= 4 is 45.6 Å². The van der Waals surface area contributed by atoms with Gasteiger partial charge in [-0.05, 0) is 30.3 Å². The van der Waals surface area contributed by atoms with Crippen molar-refractivity contribution in [3.8, 4) is 5.75 Å². The molecule has 2 aromatic carbocycles. The quantitative estimate of drug-likeness (QED) is 0.270. The largest absolute Gasteiger partial charge is 0.422 e. The highest BCUT2D eigenvalue weighted by Gasteiger charge is 2.14. The molecule has 0 saturated heterocycles. The maximum atomic E-state index is 12.4. The zero-order chi connectivity index (χ0) is 19.9. The molecule has 3 aromatic rings. The maximum absolute atomic E-state index is 12.4. The highest BCUT2D eigenvalue weighted by Crippen LogP contribution is 2.24. The average Bonchev–Trinajstić information content (AvgIpc) is 2.70. The van der Waals surface area contributed by atoms with Crippen LogP contribution in [0.15, 0.2) is 70.6 Å². The number of hydrazone groups is 1. The average molecular weight is 460 g/mol. The van der Waals surface area contributed by atoms with E-state index >= 15 is 0 Å². The summed E-state index contributed by atoms with van der Waals surface area (Å²) >= 11 is 9.38. The molecule has 0 aliphatic carbocycles. The monoisotopic (exact) mass is 458 g/mol. The number of carbonyl (C=O) groups is 2. The van der Waals surface area contributed by atoms with Crippen LogP contribution in [0.25, 0.3) is 0 Å². The Morgan fingerprint density at radius 3 is 2.75 bits per heavy atom. The molecule has 0 atom stereocenters. The Morgan fingerprint density at radius 1 is 1.18 bits per heavy atom. The Morgan fingerprint density at radius 2 is 2.00 bits per heavy atom. The minimum absolute atomic E-state index is 0.124. The normalized spacial score (nSPS) is 10.6. The first-order valence-corrected chi connectivity index (χ1v) is 9.07. The molecule has 1 amide bonds. The van der Waals surface area contributed by atoms with E-state index < -0.39 is 11.9 Å². The van der Waals surface area contributed by atoms with E-state index in [4.69, 9.17) is 16.3 Å². The summed E-state index contributed by atoms with van der Waals surface area (Å²) in [6, 6.07) is 11.6. The number of nitrogens with one attached hydrogen (secondary N) is 1. The highest BCUT2D eigenvalue weighted by molar-refractivity contribution is 9.10. The van der Waals surface area contributed by atoms with Gasteiger partial charge in [-0.1, -0.05) is 39.7 Å². The van der Waals surface area contributed by atoms with Crippen LogP contribution >= 0.6 is 27.5 Å². The lowest BCUT2D eigenvalue weighted by Crippen LogP contribution is -2.19. The lowest BCUT2D eigenvalue weighted by atomic mass is 10.2. The molecular formula is C19H12BrClN4O3. The van der Waals surface area contributed by atoms with Crippen molar-refractivity contribution in [1.82, 2.24) is 15.4 Å². The molecule has 28 heavy (non-hydrogen) atoms. The second kappa shape index (κ2) is 9.20. The van der Waals surface area contributed by atoms with Gasteiger partial charge >= 0.3 is 5.97 Å². The third-order valence-electron chi connectivity index (χ3n) is 3.43. The van der Waals surface area contributed by atoms with Crippen LogP contribution in [0.2, 0.25) is 5.02 Å². The first-order valence-electron chi connectivity index (χ1n) is 7.90. The Bertz CT molecular complexity index is 1040. The van der Waals surface area contributed by atoms with Gasteiger partial charge in [-0.2, -0.15) is 5.10 Å². The summed E-state index contributed by atoms with van der Waals surface area (Å²) < 4.78 is 6.18. The highest BCUT2D eigenvalue weighted by atomic mass is 79.9. The second-order valence-corrected chi connectivity index (χ2v) is 6.66. The van der Waals surface area contributed by atoms with Gasteiger partial charge in [0.2, 0.25) is 0 Å². The number of nitrogens with zero attached hydrogens (tertiary/aromatic N) is 3. The van der Waals surface area contributed by atoms with Gasteiger partial charge in [0, 0.05) is 22.4 Å². The van der Waals surface area contributed by atoms with Crippen LogP contribution in [0.3, 0.4) is 0 Å². The molecule has 0 fully saturated rings. The van der Waals surface area contributed by atoms with Crippen molar-refractivity contribution in [3.63, 3.8) is 0 Å². The van der Waals surface area contributed by atoms with E-state index in [1.54, 1.807) is 42.5 Å². The summed E-state index contributed by atoms with van der Waals surface area (Å²) in [5.74, 6) is -0.870. The molecule has 7 nitrogen and oxygen atoms in total. The predicted octanol–water partition coefficient (Wildman–Crippen LogP) is 3.88. The lowest BCUT2D eigenvalue weighted by molar-refractivity contribution is 0.0734. The Kier molecular flexibility index (Phi) is 6.46. The number of halogens is 2. The molecule has 1 heterocycles. The number of carbonyl (C=O) groups excluding carboxylic acids is 2. The molecule has 0 unspecified atom stereocenters. The zero-order valence-electron chi connectivity index (χ0n) is 14.2. The third-order valence-corrected chi connectivity index (χ3v) is 4.26. The van der Waals surface area contributed by atoms with E-state index in [9.17, 15) is 9.59 Å². The van der Waals surface area contributed by atoms with Gasteiger partial charge in [0.15, 0.2) is 0 Å². The molecular weight excluding hydrogens is 448 g/mol. The van der Waals surface area contributed by atoms with Crippen LogP contribution in [0.1, 0.15) is 26.4 Å². The van der Waals surface area contributed by atoms with Gasteiger partial charge in [0.25, 0.3) is 5.91 Å². The van der Waals surface area contributed by atoms with Crippen molar-refractivity contribution in [2.24, 2.45) is 5.10 Å². The van der Waals surface area contributed by atoms with Crippen LogP contribution in [0, 0.1) is 0 Å². The van der Waals surface area contributed by atoms with Crippen molar-refractivity contribution in [2.75, 3.05) is 0 Å². The number of esters is 1. The smallest absolute Gasteiger partial charge is 0.345 e. The van der Waals surface area contributed by atoms with E-state index in [0.717, 1.165) is 4.47 Å². The standard InChI is InChI=1S/C19H12BrClN4O3/c20-13-5-6-17(28-19(27)14-3-1-2-4-15(14)21)12(9-13)10-24-25-18(26)16-11-22-7-8-23-16/h1-11H,(H,25,26)/b24-10-. The molecule has 1 aromatic heterocycles. The van der Waals surface area contributed by atoms with Gasteiger partial charge in [0.1, 0.15) is 11.4 Å². The molecule has 140 valence electrons. The topological polar surface area (TPSA) is 93.5 Å². The molecule has 0 aliphatic heterocycles. The summed E-state index contributed by atoms with van der Waals surface area (Å²) in [7, 11) is 0. The molecule has 0 saturated carbocycles. The molecule has 0 radical (unpaired) electrons. The van der Waals surface area contributed by atoms with E-state index in [1.165, 1.54) is 24.8 Å². The fourth-order valence-electron chi connectivity index (χ4n) is 2.13. The number of ether oxygens (including phenoxy) is 1. The minimum atomic E-state index is -0.605. The first kappa shape index (κ1) is 19.7. The Hall–Kier alpha value is -3.10. The summed E-state index contributed by atoms with van der Waals surface area (Å²) in [6.07, 6.45) is 5.54. The van der Waals surface area contributed by atoms with E-state index in [-0.39, 0.29) is 22.0 Å². The van der Waals surface area contributed by atoms with E-state index in [0.29, 0.717) is 5.56 Å². The number of hydrogen-bond acceptors (Lipinski definition) is 6. The van der Waals surface area contributed by atoms with Crippen LogP contribution in [0.4, 0.5) is 0 Å². The molecule has 3 rings (SSSR count). The van der Waals surface area contributed by atoms with Crippen molar-refractivity contribution < 1.29 is 14.3 Å². The van der Waals surface area contributed by atoms with Crippen LogP contribution in [0.5, 0.6) is 5.75 Å².